The molecule has 0 fully saturated rings. The molecule has 0 aliphatic heterocycles. The lowest BCUT2D eigenvalue weighted by molar-refractivity contribution is 0.157. The van der Waals surface area contributed by atoms with Crippen LogP contribution in [0.5, 0.6) is 0 Å². The zero-order valence-corrected chi connectivity index (χ0v) is 13.0. The second kappa shape index (κ2) is 8.01. The third-order valence-corrected chi connectivity index (χ3v) is 3.53. The van der Waals surface area contributed by atoms with Crippen molar-refractivity contribution in [3.05, 3.63) is 35.1 Å². The van der Waals surface area contributed by atoms with Crippen LogP contribution < -0.4 is 0 Å². The molecular weight excluding hydrogens is 251 g/mol. The molecule has 20 heavy (non-hydrogen) atoms. The maximum atomic E-state index is 13.5. The fourth-order valence-electron chi connectivity index (χ4n) is 2.66. The highest BCUT2D eigenvalue weighted by molar-refractivity contribution is 5.33. The Morgan fingerprint density at radius 3 is 2.35 bits per heavy atom. The molecule has 1 aromatic rings. The van der Waals surface area contributed by atoms with Crippen LogP contribution in [0.3, 0.4) is 0 Å². The van der Waals surface area contributed by atoms with Crippen molar-refractivity contribution in [1.29, 1.82) is 5.26 Å². The quantitative estimate of drug-likeness (QED) is 0.740. The number of hydrogen-bond acceptors (Lipinski definition) is 2. The molecule has 0 saturated heterocycles. The molecule has 0 atom stereocenters. The fourth-order valence-corrected chi connectivity index (χ4v) is 2.66. The van der Waals surface area contributed by atoms with Crippen molar-refractivity contribution < 1.29 is 4.39 Å². The summed E-state index contributed by atoms with van der Waals surface area (Å²) < 4.78 is 13.5. The third kappa shape index (κ3) is 4.94. The van der Waals surface area contributed by atoms with E-state index in [0.717, 1.165) is 24.9 Å². The van der Waals surface area contributed by atoms with Gasteiger partial charge in [-0.05, 0) is 42.5 Å². The molecule has 0 aliphatic rings. The Morgan fingerprint density at radius 1 is 1.20 bits per heavy atom. The number of nitriles is 1. The second-order valence-corrected chi connectivity index (χ2v) is 5.75. The van der Waals surface area contributed by atoms with Crippen LogP contribution in [0.1, 0.15) is 51.7 Å². The monoisotopic (exact) mass is 276 g/mol. The molecule has 0 spiro atoms. The van der Waals surface area contributed by atoms with Gasteiger partial charge in [-0.1, -0.05) is 27.7 Å². The van der Waals surface area contributed by atoms with Crippen LogP contribution in [-0.4, -0.2) is 17.5 Å². The second-order valence-electron chi connectivity index (χ2n) is 5.75. The molecule has 0 aliphatic carbocycles. The van der Waals surface area contributed by atoms with Crippen molar-refractivity contribution in [2.24, 2.45) is 5.92 Å². The summed E-state index contributed by atoms with van der Waals surface area (Å²) in [6.07, 6.45) is 2.17. The Balaban J connectivity index is 2.94. The highest BCUT2D eigenvalue weighted by Gasteiger charge is 2.17. The van der Waals surface area contributed by atoms with E-state index in [2.05, 4.69) is 32.6 Å². The van der Waals surface area contributed by atoms with Gasteiger partial charge < -0.3 is 0 Å². The maximum Gasteiger partial charge on any atom is 0.124 e. The molecule has 0 N–H and O–H groups in total. The van der Waals surface area contributed by atoms with Gasteiger partial charge in [0, 0.05) is 19.1 Å². The molecule has 3 heteroatoms. The molecule has 0 saturated carbocycles. The van der Waals surface area contributed by atoms with Crippen molar-refractivity contribution >= 4 is 0 Å². The molecule has 0 amide bonds. The summed E-state index contributed by atoms with van der Waals surface area (Å²) in [4.78, 5) is 2.40. The lowest BCUT2D eigenvalue weighted by Gasteiger charge is -2.32. The van der Waals surface area contributed by atoms with E-state index in [1.807, 2.05) is 6.07 Å². The van der Waals surface area contributed by atoms with Crippen molar-refractivity contribution in [1.82, 2.24) is 4.90 Å². The van der Waals surface area contributed by atoms with Gasteiger partial charge in [0.05, 0.1) is 11.6 Å². The molecule has 0 unspecified atom stereocenters. The fraction of sp³-hybridized carbons (Fsp3) is 0.588. The van der Waals surface area contributed by atoms with E-state index in [0.29, 0.717) is 24.1 Å². The number of hydrogen-bond donors (Lipinski definition) is 0. The van der Waals surface area contributed by atoms with E-state index in [1.165, 1.54) is 12.1 Å². The summed E-state index contributed by atoms with van der Waals surface area (Å²) in [6, 6.07) is 7.14. The summed E-state index contributed by atoms with van der Waals surface area (Å²) in [7, 11) is 0. The average molecular weight is 276 g/mol. The molecule has 1 aromatic carbocycles. The smallest absolute Gasteiger partial charge is 0.124 e. The first kappa shape index (κ1) is 16.7. The maximum absolute atomic E-state index is 13.5. The predicted octanol–water partition coefficient (Wildman–Crippen LogP) is 4.34. The minimum Gasteiger partial charge on any atom is -0.296 e. The summed E-state index contributed by atoms with van der Waals surface area (Å²) >= 11 is 0. The van der Waals surface area contributed by atoms with Gasteiger partial charge in [0.2, 0.25) is 0 Å². The van der Waals surface area contributed by atoms with Crippen LogP contribution >= 0.6 is 0 Å². The van der Waals surface area contributed by atoms with Gasteiger partial charge in [-0.25, -0.2) is 4.39 Å². The van der Waals surface area contributed by atoms with E-state index >= 15 is 0 Å². The van der Waals surface area contributed by atoms with E-state index < -0.39 is 0 Å². The first-order chi connectivity index (χ1) is 9.49. The Hall–Kier alpha value is -1.40. The lowest BCUT2D eigenvalue weighted by atomic mass is 10.0. The Labute approximate surface area is 122 Å². The van der Waals surface area contributed by atoms with E-state index in [4.69, 9.17) is 5.26 Å². The summed E-state index contributed by atoms with van der Waals surface area (Å²) in [5.41, 5.74) is 1.28. The van der Waals surface area contributed by atoms with E-state index in [1.54, 1.807) is 6.07 Å². The van der Waals surface area contributed by atoms with Crippen molar-refractivity contribution in [3.63, 3.8) is 0 Å². The zero-order valence-electron chi connectivity index (χ0n) is 13.0. The Kier molecular flexibility index (Phi) is 6.67. The third-order valence-electron chi connectivity index (χ3n) is 3.53. The van der Waals surface area contributed by atoms with Gasteiger partial charge in [0.15, 0.2) is 0 Å². The molecular formula is C17H25FN2. The number of nitrogens with zero attached hydrogens (tertiary/aromatic N) is 2. The first-order valence-electron chi connectivity index (χ1n) is 7.43. The lowest BCUT2D eigenvalue weighted by Crippen LogP contribution is -2.36. The molecule has 0 heterocycles. The largest absolute Gasteiger partial charge is 0.296 e. The van der Waals surface area contributed by atoms with Gasteiger partial charge in [-0.15, -0.1) is 0 Å². The molecule has 0 radical (unpaired) electrons. The molecule has 0 bridgehead atoms. The zero-order chi connectivity index (χ0) is 15.1. The Morgan fingerprint density at radius 2 is 1.85 bits per heavy atom. The number of rotatable bonds is 7. The predicted molar refractivity (Wildman–Crippen MR) is 80.7 cm³/mol. The van der Waals surface area contributed by atoms with Gasteiger partial charge >= 0.3 is 0 Å². The van der Waals surface area contributed by atoms with Crippen molar-refractivity contribution in [3.8, 4) is 6.07 Å². The van der Waals surface area contributed by atoms with Gasteiger partial charge in [-0.2, -0.15) is 5.26 Å². The Bertz CT molecular complexity index is 459. The van der Waals surface area contributed by atoms with Crippen LogP contribution in [0.2, 0.25) is 0 Å². The van der Waals surface area contributed by atoms with Gasteiger partial charge in [-0.3, -0.25) is 4.90 Å². The number of benzene rings is 1. The molecule has 110 valence electrons. The SMILES string of the molecule is CCC(CC)N(Cc1cc(F)cc(C#N)c1)CC(C)C. The standard InChI is InChI=1S/C17H25FN2/c1-5-17(6-2)20(11-13(3)4)12-15-7-14(10-19)8-16(18)9-15/h7-9,13,17H,5-6,11-12H2,1-4H3. The highest BCUT2D eigenvalue weighted by atomic mass is 19.1. The van der Waals surface area contributed by atoms with Crippen LogP contribution in [0, 0.1) is 23.1 Å². The summed E-state index contributed by atoms with van der Waals surface area (Å²) in [6.45, 7) is 10.5. The van der Waals surface area contributed by atoms with Crippen molar-refractivity contribution in [2.75, 3.05) is 6.54 Å². The van der Waals surface area contributed by atoms with Crippen LogP contribution in [-0.2, 0) is 6.54 Å². The molecule has 2 nitrogen and oxygen atoms in total. The molecule has 0 aromatic heterocycles. The van der Waals surface area contributed by atoms with Crippen LogP contribution in [0.15, 0.2) is 18.2 Å². The van der Waals surface area contributed by atoms with Gasteiger partial charge in [0.1, 0.15) is 5.82 Å². The average Bonchev–Trinajstić information content (AvgIpc) is 2.38. The minimum absolute atomic E-state index is 0.326. The number of halogens is 1. The van der Waals surface area contributed by atoms with Crippen LogP contribution in [0.25, 0.3) is 0 Å². The summed E-state index contributed by atoms with van der Waals surface area (Å²) in [5.74, 6) is 0.243. The van der Waals surface area contributed by atoms with Crippen LogP contribution in [0.4, 0.5) is 4.39 Å². The van der Waals surface area contributed by atoms with Gasteiger partial charge in [0.25, 0.3) is 0 Å². The first-order valence-corrected chi connectivity index (χ1v) is 7.43. The minimum atomic E-state index is -0.326. The van der Waals surface area contributed by atoms with Crippen molar-refractivity contribution in [2.45, 2.75) is 53.1 Å². The topological polar surface area (TPSA) is 27.0 Å². The highest BCUT2D eigenvalue weighted by Crippen LogP contribution is 2.17. The van der Waals surface area contributed by atoms with E-state index in [-0.39, 0.29) is 5.82 Å². The van der Waals surface area contributed by atoms with E-state index in [9.17, 15) is 4.39 Å². The molecule has 1 rings (SSSR count). The normalized spacial score (nSPS) is 11.3. The summed E-state index contributed by atoms with van der Waals surface area (Å²) in [5, 5.41) is 8.94.